The van der Waals surface area contributed by atoms with Crippen LogP contribution in [0.5, 0.6) is 5.75 Å². The van der Waals surface area contributed by atoms with Gasteiger partial charge in [-0.3, -0.25) is 4.98 Å². The van der Waals surface area contributed by atoms with Gasteiger partial charge in [0.05, 0.1) is 16.1 Å². The van der Waals surface area contributed by atoms with E-state index in [9.17, 15) is 18.0 Å². The fraction of sp³-hybridized carbons (Fsp3) is 0.231. The van der Waals surface area contributed by atoms with E-state index in [1.807, 2.05) is 0 Å². The van der Waals surface area contributed by atoms with Gasteiger partial charge in [0.1, 0.15) is 5.75 Å². The molecule has 0 unspecified atom stereocenters. The molecule has 0 aliphatic rings. The molecular formula is C13H9ClF3NO3. The van der Waals surface area contributed by atoms with Crippen LogP contribution < -0.4 is 4.74 Å². The van der Waals surface area contributed by atoms with Gasteiger partial charge in [-0.2, -0.15) is 13.2 Å². The summed E-state index contributed by atoms with van der Waals surface area (Å²) in [5, 5.41) is 8.33. The number of aryl methyl sites for hydroxylation is 1. The third kappa shape index (κ3) is 3.36. The molecule has 0 spiro atoms. The molecule has 2 aromatic rings. The molecule has 1 heterocycles. The van der Waals surface area contributed by atoms with E-state index in [0.29, 0.717) is 5.69 Å². The number of carboxylic acid groups (broad SMARTS) is 1. The van der Waals surface area contributed by atoms with Gasteiger partial charge >= 0.3 is 12.1 Å². The first-order valence-corrected chi connectivity index (χ1v) is 6.09. The highest BCUT2D eigenvalue weighted by Crippen LogP contribution is 2.38. The lowest BCUT2D eigenvalue weighted by atomic mass is 10.1. The fourth-order valence-electron chi connectivity index (χ4n) is 1.82. The Bertz CT molecular complexity index is 716. The summed E-state index contributed by atoms with van der Waals surface area (Å²) < 4.78 is 43.5. The Kier molecular flexibility index (Phi) is 3.95. The summed E-state index contributed by atoms with van der Waals surface area (Å²) in [6, 6.07) is 3.33. The maximum absolute atomic E-state index is 12.8. The summed E-state index contributed by atoms with van der Waals surface area (Å²) >= 11 is 5.64. The largest absolute Gasteiger partial charge is 0.481 e. The van der Waals surface area contributed by atoms with Crippen LogP contribution in [0, 0.1) is 6.92 Å². The van der Waals surface area contributed by atoms with Crippen LogP contribution in [0.2, 0.25) is 5.02 Å². The molecule has 0 bridgehead atoms. The molecular weight excluding hydrogens is 311 g/mol. The van der Waals surface area contributed by atoms with Gasteiger partial charge in [-0.15, -0.1) is 0 Å². The van der Waals surface area contributed by atoms with Crippen molar-refractivity contribution in [1.29, 1.82) is 0 Å². The molecule has 0 aliphatic carbocycles. The molecule has 0 saturated heterocycles. The van der Waals surface area contributed by atoms with Crippen molar-refractivity contribution >= 4 is 28.5 Å². The average Bonchev–Trinajstić information content (AvgIpc) is 2.34. The van der Waals surface area contributed by atoms with Crippen molar-refractivity contribution in [3.8, 4) is 5.75 Å². The molecule has 0 amide bonds. The van der Waals surface area contributed by atoms with E-state index in [4.69, 9.17) is 21.4 Å². The van der Waals surface area contributed by atoms with Gasteiger partial charge < -0.3 is 9.84 Å². The highest BCUT2D eigenvalue weighted by atomic mass is 35.5. The number of nitrogens with zero attached hydrogens (tertiary/aromatic N) is 1. The number of hydrogen-bond acceptors (Lipinski definition) is 3. The number of pyridine rings is 1. The van der Waals surface area contributed by atoms with Crippen LogP contribution in [-0.4, -0.2) is 22.7 Å². The SMILES string of the molecule is Cc1cc(OCC(=O)O)c2cc(Cl)c(C(F)(F)F)cc2n1. The molecule has 4 nitrogen and oxygen atoms in total. The Labute approximate surface area is 122 Å². The quantitative estimate of drug-likeness (QED) is 0.937. The fourth-order valence-corrected chi connectivity index (χ4v) is 2.09. The average molecular weight is 320 g/mol. The third-order valence-electron chi connectivity index (χ3n) is 2.64. The minimum Gasteiger partial charge on any atom is -0.481 e. The molecule has 1 N–H and O–H groups in total. The monoisotopic (exact) mass is 319 g/mol. The number of benzene rings is 1. The van der Waals surface area contributed by atoms with Crippen molar-refractivity contribution in [2.24, 2.45) is 0 Å². The molecule has 2 rings (SSSR count). The van der Waals surface area contributed by atoms with Crippen molar-refractivity contribution in [2.45, 2.75) is 13.1 Å². The van der Waals surface area contributed by atoms with E-state index in [2.05, 4.69) is 4.98 Å². The Morgan fingerprint density at radius 2 is 2.05 bits per heavy atom. The highest BCUT2D eigenvalue weighted by molar-refractivity contribution is 6.32. The molecule has 0 saturated carbocycles. The zero-order valence-electron chi connectivity index (χ0n) is 10.7. The Morgan fingerprint density at radius 3 is 2.62 bits per heavy atom. The molecule has 0 atom stereocenters. The van der Waals surface area contributed by atoms with Gasteiger partial charge in [-0.1, -0.05) is 11.6 Å². The minimum absolute atomic E-state index is 0.0344. The van der Waals surface area contributed by atoms with Crippen LogP contribution in [0.25, 0.3) is 10.9 Å². The number of aromatic nitrogens is 1. The predicted octanol–water partition coefficient (Wildman–Crippen LogP) is 3.68. The highest BCUT2D eigenvalue weighted by Gasteiger charge is 2.33. The number of halogens is 4. The summed E-state index contributed by atoms with van der Waals surface area (Å²) in [6.45, 7) is 0.951. The van der Waals surface area contributed by atoms with E-state index < -0.39 is 29.3 Å². The van der Waals surface area contributed by atoms with Crippen LogP contribution in [0.3, 0.4) is 0 Å². The molecule has 1 aromatic carbocycles. The summed E-state index contributed by atoms with van der Waals surface area (Å²) in [6.07, 6.45) is -4.60. The number of carboxylic acids is 1. The first-order valence-electron chi connectivity index (χ1n) is 5.71. The summed E-state index contributed by atoms with van der Waals surface area (Å²) in [5.74, 6) is -1.08. The van der Waals surface area contributed by atoms with Gasteiger partial charge in [0, 0.05) is 17.1 Å². The van der Waals surface area contributed by atoms with Crippen LogP contribution in [0.4, 0.5) is 13.2 Å². The molecule has 8 heteroatoms. The van der Waals surface area contributed by atoms with Gasteiger partial charge in [-0.05, 0) is 19.1 Å². The van der Waals surface area contributed by atoms with Crippen LogP contribution in [0.15, 0.2) is 18.2 Å². The maximum atomic E-state index is 12.8. The van der Waals surface area contributed by atoms with Crippen molar-refractivity contribution in [3.63, 3.8) is 0 Å². The first kappa shape index (κ1) is 15.4. The second kappa shape index (κ2) is 5.40. The molecule has 0 aliphatic heterocycles. The van der Waals surface area contributed by atoms with Crippen molar-refractivity contribution in [2.75, 3.05) is 6.61 Å². The number of aliphatic carboxylic acids is 1. The number of rotatable bonds is 3. The maximum Gasteiger partial charge on any atom is 0.417 e. The van der Waals surface area contributed by atoms with Crippen LogP contribution in [-0.2, 0) is 11.0 Å². The molecule has 0 fully saturated rings. The normalized spacial score (nSPS) is 11.7. The summed E-state index contributed by atoms with van der Waals surface area (Å²) in [4.78, 5) is 14.5. The lowest BCUT2D eigenvalue weighted by molar-refractivity contribution is -0.139. The van der Waals surface area contributed by atoms with Crippen molar-refractivity contribution < 1.29 is 27.8 Å². The van der Waals surface area contributed by atoms with Gasteiger partial charge in [0.25, 0.3) is 0 Å². The lowest BCUT2D eigenvalue weighted by Crippen LogP contribution is -2.10. The Hall–Kier alpha value is -2.02. The number of fused-ring (bicyclic) bond motifs is 1. The zero-order chi connectivity index (χ0) is 15.8. The van der Waals surface area contributed by atoms with E-state index in [-0.39, 0.29) is 16.7 Å². The number of carbonyl (C=O) groups is 1. The van der Waals surface area contributed by atoms with E-state index >= 15 is 0 Å². The second-order valence-corrected chi connectivity index (χ2v) is 4.70. The standard InChI is InChI=1S/C13H9ClF3NO3/c1-6-2-11(21-5-12(19)20)7-3-9(14)8(13(15,16)17)4-10(7)18-6/h2-4H,5H2,1H3,(H,19,20). The van der Waals surface area contributed by atoms with E-state index in [1.165, 1.54) is 6.07 Å². The van der Waals surface area contributed by atoms with Crippen molar-refractivity contribution in [1.82, 2.24) is 4.98 Å². The van der Waals surface area contributed by atoms with Gasteiger partial charge in [0.15, 0.2) is 6.61 Å². The number of alkyl halides is 3. The Morgan fingerprint density at radius 1 is 1.38 bits per heavy atom. The number of ether oxygens (including phenoxy) is 1. The predicted molar refractivity (Wildman–Crippen MR) is 69.6 cm³/mol. The lowest BCUT2D eigenvalue weighted by Gasteiger charge is -2.13. The topological polar surface area (TPSA) is 59.4 Å². The molecule has 112 valence electrons. The van der Waals surface area contributed by atoms with Crippen molar-refractivity contribution in [3.05, 3.63) is 34.5 Å². The van der Waals surface area contributed by atoms with Crippen LogP contribution in [0.1, 0.15) is 11.3 Å². The molecule has 1 aromatic heterocycles. The zero-order valence-corrected chi connectivity index (χ0v) is 11.4. The molecule has 0 radical (unpaired) electrons. The van der Waals surface area contributed by atoms with Gasteiger partial charge in [0.2, 0.25) is 0 Å². The van der Waals surface area contributed by atoms with Gasteiger partial charge in [-0.25, -0.2) is 4.79 Å². The van der Waals surface area contributed by atoms with E-state index in [1.54, 1.807) is 6.92 Å². The van der Waals surface area contributed by atoms with E-state index in [0.717, 1.165) is 12.1 Å². The minimum atomic E-state index is -4.60. The summed E-state index contributed by atoms with van der Waals surface area (Å²) in [5.41, 5.74) is -0.565. The third-order valence-corrected chi connectivity index (χ3v) is 2.96. The smallest absolute Gasteiger partial charge is 0.417 e. The second-order valence-electron chi connectivity index (χ2n) is 4.29. The summed E-state index contributed by atoms with van der Waals surface area (Å²) in [7, 11) is 0. The van der Waals surface area contributed by atoms with Crippen LogP contribution >= 0.6 is 11.6 Å². The first-order chi connectivity index (χ1) is 9.68. The Balaban J connectivity index is 2.62. The number of hydrogen-bond donors (Lipinski definition) is 1. The molecule has 21 heavy (non-hydrogen) atoms.